The van der Waals surface area contributed by atoms with E-state index in [2.05, 4.69) is 20.8 Å². The molecule has 2 aromatic heterocycles. The van der Waals surface area contributed by atoms with Crippen LogP contribution in [0.15, 0.2) is 17.8 Å². The van der Waals surface area contributed by atoms with Crippen LogP contribution in [-0.2, 0) is 0 Å². The summed E-state index contributed by atoms with van der Waals surface area (Å²) in [4.78, 5) is 13.0. The van der Waals surface area contributed by atoms with E-state index >= 15 is 0 Å². The molecule has 0 atom stereocenters. The van der Waals surface area contributed by atoms with E-state index in [0.29, 0.717) is 16.5 Å². The highest BCUT2D eigenvalue weighted by molar-refractivity contribution is 7.12. The lowest BCUT2D eigenvalue weighted by Gasteiger charge is -2.27. The van der Waals surface area contributed by atoms with Crippen molar-refractivity contribution in [1.29, 1.82) is 0 Å². The number of hydrogen-bond acceptors (Lipinski definition) is 6. The Morgan fingerprint density at radius 2 is 2.24 bits per heavy atom. The number of carbonyl (C=O) groups excluding carboxylic acids is 1. The van der Waals surface area contributed by atoms with Gasteiger partial charge in [-0.2, -0.15) is 4.68 Å². The molecule has 1 saturated carbocycles. The first-order chi connectivity index (χ1) is 10.3. The van der Waals surface area contributed by atoms with E-state index in [1.54, 1.807) is 0 Å². The Bertz CT molecular complexity index is 589. The molecule has 1 aliphatic rings. The number of amides is 1. The van der Waals surface area contributed by atoms with Gasteiger partial charge in [-0.1, -0.05) is 0 Å². The van der Waals surface area contributed by atoms with Crippen LogP contribution in [-0.4, -0.2) is 43.9 Å². The third-order valence-electron chi connectivity index (χ3n) is 3.89. The third-order valence-corrected chi connectivity index (χ3v) is 4.79. The molecule has 2 heterocycles. The van der Waals surface area contributed by atoms with E-state index < -0.39 is 0 Å². The second-order valence-electron chi connectivity index (χ2n) is 5.26. The second-order valence-corrected chi connectivity index (χ2v) is 6.18. The summed E-state index contributed by atoms with van der Waals surface area (Å²) in [5, 5.41) is 25.1. The minimum Gasteiger partial charge on any atom is -0.396 e. The van der Waals surface area contributed by atoms with E-state index in [4.69, 9.17) is 5.11 Å². The summed E-state index contributed by atoms with van der Waals surface area (Å²) in [6.45, 7) is 0.245. The molecule has 1 amide bonds. The first kappa shape index (κ1) is 14.2. The van der Waals surface area contributed by atoms with Crippen molar-refractivity contribution in [3.05, 3.63) is 22.7 Å². The van der Waals surface area contributed by atoms with Crippen molar-refractivity contribution >= 4 is 17.2 Å². The molecule has 1 fully saturated rings. The van der Waals surface area contributed by atoms with Gasteiger partial charge in [-0.25, -0.2) is 0 Å². The van der Waals surface area contributed by atoms with Crippen LogP contribution in [0.3, 0.4) is 0 Å². The highest BCUT2D eigenvalue weighted by Gasteiger charge is 2.24. The fourth-order valence-electron chi connectivity index (χ4n) is 2.66. The maximum Gasteiger partial charge on any atom is 0.263 e. The molecule has 0 bridgehead atoms. The molecule has 1 aliphatic carbocycles. The first-order valence-corrected chi connectivity index (χ1v) is 7.88. The Labute approximate surface area is 126 Å². The summed E-state index contributed by atoms with van der Waals surface area (Å²) in [6, 6.07) is 2.02. The third kappa shape index (κ3) is 3.11. The zero-order chi connectivity index (χ0) is 14.7. The monoisotopic (exact) mass is 307 g/mol. The van der Waals surface area contributed by atoms with Gasteiger partial charge in [-0.3, -0.25) is 4.79 Å². The Kier molecular flexibility index (Phi) is 4.26. The fourth-order valence-corrected chi connectivity index (χ4v) is 3.45. The zero-order valence-corrected chi connectivity index (χ0v) is 12.3. The van der Waals surface area contributed by atoms with Gasteiger partial charge >= 0.3 is 0 Å². The minimum absolute atomic E-state index is 0.0806. The van der Waals surface area contributed by atoms with E-state index in [1.807, 2.05) is 11.4 Å². The van der Waals surface area contributed by atoms with Gasteiger partial charge in [0, 0.05) is 12.6 Å². The van der Waals surface area contributed by atoms with Gasteiger partial charge in [0.05, 0.1) is 5.69 Å². The van der Waals surface area contributed by atoms with Gasteiger partial charge in [-0.15, -0.1) is 16.4 Å². The number of tetrazole rings is 1. The average Bonchev–Trinajstić information content (AvgIpc) is 3.18. The molecule has 0 spiro atoms. The molecular formula is C13H17N5O2S. The van der Waals surface area contributed by atoms with Gasteiger partial charge in [0.25, 0.3) is 5.91 Å². The summed E-state index contributed by atoms with van der Waals surface area (Å²) in [7, 11) is 0. The Morgan fingerprint density at radius 1 is 1.43 bits per heavy atom. The van der Waals surface area contributed by atoms with Crippen molar-refractivity contribution < 1.29 is 9.90 Å². The molecule has 0 aliphatic heterocycles. The highest BCUT2D eigenvalue weighted by atomic mass is 32.1. The molecule has 2 aromatic rings. The van der Waals surface area contributed by atoms with Gasteiger partial charge in [0.1, 0.15) is 11.2 Å². The normalized spacial score (nSPS) is 22.1. The second kappa shape index (κ2) is 6.31. The number of nitrogens with zero attached hydrogens (tertiary/aromatic N) is 4. The molecule has 21 heavy (non-hydrogen) atoms. The predicted octanol–water partition coefficient (Wildman–Crippen LogP) is 1.00. The summed E-state index contributed by atoms with van der Waals surface area (Å²) >= 11 is 1.38. The summed E-state index contributed by atoms with van der Waals surface area (Å²) in [5.74, 6) is 0.305. The van der Waals surface area contributed by atoms with Crippen LogP contribution >= 0.6 is 11.3 Å². The van der Waals surface area contributed by atoms with Crippen molar-refractivity contribution in [2.45, 2.75) is 31.7 Å². The van der Waals surface area contributed by atoms with Crippen LogP contribution in [0.25, 0.3) is 5.69 Å². The lowest BCUT2D eigenvalue weighted by molar-refractivity contribution is 0.0918. The largest absolute Gasteiger partial charge is 0.396 e. The van der Waals surface area contributed by atoms with Crippen LogP contribution in [0.2, 0.25) is 0 Å². The van der Waals surface area contributed by atoms with Crippen molar-refractivity contribution in [1.82, 2.24) is 25.5 Å². The van der Waals surface area contributed by atoms with E-state index in [-0.39, 0.29) is 18.6 Å². The van der Waals surface area contributed by atoms with E-state index in [0.717, 1.165) is 25.7 Å². The van der Waals surface area contributed by atoms with E-state index in [9.17, 15) is 4.79 Å². The standard InChI is InChI=1S/C13H17N5O2S/c19-7-9-1-3-10(4-2-9)15-13(20)12-11(5-6-21-12)18-8-14-16-17-18/h5-6,8-10,19H,1-4,7H2,(H,15,20). The topological polar surface area (TPSA) is 92.9 Å². The highest BCUT2D eigenvalue weighted by Crippen LogP contribution is 2.25. The number of aliphatic hydroxyl groups is 1. The van der Waals surface area contributed by atoms with Gasteiger partial charge in [-0.05, 0) is 53.5 Å². The summed E-state index contributed by atoms with van der Waals surface area (Å²) in [6.07, 6.45) is 5.24. The van der Waals surface area contributed by atoms with Gasteiger partial charge in [0.15, 0.2) is 0 Å². The maximum absolute atomic E-state index is 12.4. The smallest absolute Gasteiger partial charge is 0.263 e. The average molecular weight is 307 g/mol. The Balaban J connectivity index is 1.66. The molecule has 3 rings (SSSR count). The van der Waals surface area contributed by atoms with Crippen LogP contribution in [0.5, 0.6) is 0 Å². The lowest BCUT2D eigenvalue weighted by Crippen LogP contribution is -2.38. The predicted molar refractivity (Wildman–Crippen MR) is 77.3 cm³/mol. The summed E-state index contributed by atoms with van der Waals surface area (Å²) in [5.41, 5.74) is 0.701. The molecule has 2 N–H and O–H groups in total. The molecule has 112 valence electrons. The number of aromatic nitrogens is 4. The summed E-state index contributed by atoms with van der Waals surface area (Å²) < 4.78 is 1.49. The molecular weight excluding hydrogens is 290 g/mol. The number of aliphatic hydroxyl groups excluding tert-OH is 1. The Hall–Kier alpha value is -1.80. The van der Waals surface area contributed by atoms with Crippen LogP contribution < -0.4 is 5.32 Å². The molecule has 0 unspecified atom stereocenters. The number of rotatable bonds is 4. The maximum atomic E-state index is 12.4. The Morgan fingerprint density at radius 3 is 2.90 bits per heavy atom. The van der Waals surface area contributed by atoms with Crippen molar-refractivity contribution in [2.24, 2.45) is 5.92 Å². The molecule has 7 nitrogen and oxygen atoms in total. The van der Waals surface area contributed by atoms with Crippen molar-refractivity contribution in [3.63, 3.8) is 0 Å². The van der Waals surface area contributed by atoms with Crippen LogP contribution in [0.4, 0.5) is 0 Å². The molecule has 0 radical (unpaired) electrons. The molecule has 8 heteroatoms. The quantitative estimate of drug-likeness (QED) is 0.879. The molecule has 0 saturated heterocycles. The number of hydrogen-bond donors (Lipinski definition) is 2. The van der Waals surface area contributed by atoms with Gasteiger partial charge < -0.3 is 10.4 Å². The SMILES string of the molecule is O=C(NC1CCC(CO)CC1)c1sccc1-n1cnnn1. The zero-order valence-electron chi connectivity index (χ0n) is 11.5. The van der Waals surface area contributed by atoms with Crippen LogP contribution in [0.1, 0.15) is 35.4 Å². The van der Waals surface area contributed by atoms with Crippen molar-refractivity contribution in [3.8, 4) is 5.69 Å². The van der Waals surface area contributed by atoms with Crippen LogP contribution in [0, 0.1) is 5.92 Å². The number of thiophene rings is 1. The number of nitrogens with one attached hydrogen (secondary N) is 1. The molecule has 0 aromatic carbocycles. The minimum atomic E-state index is -0.0806. The van der Waals surface area contributed by atoms with Gasteiger partial charge in [0.2, 0.25) is 0 Å². The van der Waals surface area contributed by atoms with Crippen molar-refractivity contribution in [2.75, 3.05) is 6.61 Å². The van der Waals surface area contributed by atoms with E-state index in [1.165, 1.54) is 22.3 Å². The number of carbonyl (C=O) groups is 1. The fraction of sp³-hybridized carbons (Fsp3) is 0.538. The first-order valence-electron chi connectivity index (χ1n) is 7.00. The lowest BCUT2D eigenvalue weighted by atomic mass is 9.86.